The Hall–Kier alpha value is -1.39. The molecule has 0 bridgehead atoms. The van der Waals surface area contributed by atoms with E-state index in [0.717, 1.165) is 19.6 Å². The summed E-state index contributed by atoms with van der Waals surface area (Å²) in [5, 5.41) is 3.36. The Morgan fingerprint density at radius 1 is 1.30 bits per heavy atom. The topological polar surface area (TPSA) is 58.4 Å². The number of likely N-dealkylation sites (tertiary alicyclic amines) is 1. The van der Waals surface area contributed by atoms with E-state index in [1.165, 1.54) is 24.8 Å². The van der Waals surface area contributed by atoms with Crippen LogP contribution in [-0.4, -0.2) is 42.5 Å². The molecule has 2 unspecified atom stereocenters. The average Bonchev–Trinajstić information content (AvgIpc) is 3.15. The first-order valence-electron chi connectivity index (χ1n) is 7.55. The van der Waals surface area contributed by atoms with Crippen LogP contribution in [0.5, 0.6) is 0 Å². The second-order valence-corrected chi connectivity index (χ2v) is 6.05. The molecule has 1 amide bonds. The van der Waals surface area contributed by atoms with E-state index in [9.17, 15) is 4.79 Å². The molecule has 0 spiro atoms. The summed E-state index contributed by atoms with van der Waals surface area (Å²) in [6.45, 7) is 2.82. The summed E-state index contributed by atoms with van der Waals surface area (Å²) < 4.78 is 0. The number of hydrogen-bond donors (Lipinski definition) is 2. The number of primary amides is 1. The maximum Gasteiger partial charge on any atom is 0.235 e. The molecule has 1 saturated carbocycles. The van der Waals surface area contributed by atoms with E-state index < -0.39 is 0 Å². The molecule has 2 aliphatic rings. The van der Waals surface area contributed by atoms with E-state index in [2.05, 4.69) is 40.5 Å². The molecule has 108 valence electrons. The van der Waals surface area contributed by atoms with Crippen LogP contribution < -0.4 is 11.1 Å². The van der Waals surface area contributed by atoms with Crippen molar-refractivity contribution in [2.75, 3.05) is 19.6 Å². The molecule has 2 atom stereocenters. The first-order chi connectivity index (χ1) is 9.72. The predicted molar refractivity (Wildman–Crippen MR) is 79.4 cm³/mol. The van der Waals surface area contributed by atoms with Gasteiger partial charge in [0.05, 0.1) is 6.04 Å². The van der Waals surface area contributed by atoms with E-state index in [4.69, 9.17) is 5.73 Å². The van der Waals surface area contributed by atoms with Crippen molar-refractivity contribution < 1.29 is 4.79 Å². The highest BCUT2D eigenvalue weighted by Crippen LogP contribution is 2.27. The third-order valence-corrected chi connectivity index (χ3v) is 4.34. The van der Waals surface area contributed by atoms with Crippen molar-refractivity contribution in [3.63, 3.8) is 0 Å². The lowest BCUT2D eigenvalue weighted by Crippen LogP contribution is -2.49. The summed E-state index contributed by atoms with van der Waals surface area (Å²) >= 11 is 0. The van der Waals surface area contributed by atoms with Crippen molar-refractivity contribution in [3.8, 4) is 0 Å². The van der Waals surface area contributed by atoms with Crippen molar-refractivity contribution in [2.45, 2.75) is 37.3 Å². The number of nitrogens with zero attached hydrogens (tertiary/aromatic N) is 1. The number of benzene rings is 1. The number of hydrogen-bond acceptors (Lipinski definition) is 3. The Morgan fingerprint density at radius 2 is 2.05 bits per heavy atom. The van der Waals surface area contributed by atoms with Crippen LogP contribution in [0.4, 0.5) is 0 Å². The molecule has 1 saturated heterocycles. The van der Waals surface area contributed by atoms with Gasteiger partial charge in [0.25, 0.3) is 0 Å². The molecule has 0 aromatic heterocycles. The van der Waals surface area contributed by atoms with E-state index >= 15 is 0 Å². The van der Waals surface area contributed by atoms with Gasteiger partial charge in [-0.05, 0) is 37.3 Å². The number of nitrogens with two attached hydrogens (primary N) is 1. The number of carbonyl (C=O) groups is 1. The maximum absolute atomic E-state index is 11.5. The van der Waals surface area contributed by atoms with Crippen LogP contribution in [0, 0.1) is 0 Å². The minimum Gasteiger partial charge on any atom is -0.368 e. The standard InChI is InChI=1S/C16H23N3O/c17-16(20)15(18-14-6-7-14)11-19-9-8-13(10-19)12-4-2-1-3-5-12/h1-5,13-15,18H,6-11H2,(H2,17,20). The zero-order chi connectivity index (χ0) is 13.9. The monoisotopic (exact) mass is 273 g/mol. The molecule has 4 nitrogen and oxygen atoms in total. The van der Waals surface area contributed by atoms with Crippen LogP contribution in [0.15, 0.2) is 30.3 Å². The highest BCUT2D eigenvalue weighted by atomic mass is 16.1. The normalized spacial score (nSPS) is 24.7. The van der Waals surface area contributed by atoms with Gasteiger partial charge in [-0.25, -0.2) is 0 Å². The van der Waals surface area contributed by atoms with Gasteiger partial charge in [-0.1, -0.05) is 30.3 Å². The van der Waals surface area contributed by atoms with E-state index in [1.54, 1.807) is 0 Å². The van der Waals surface area contributed by atoms with Crippen LogP contribution in [0.2, 0.25) is 0 Å². The van der Waals surface area contributed by atoms with Gasteiger partial charge in [0.15, 0.2) is 0 Å². The number of nitrogens with one attached hydrogen (secondary N) is 1. The zero-order valence-corrected chi connectivity index (χ0v) is 11.8. The van der Waals surface area contributed by atoms with Crippen LogP contribution in [0.3, 0.4) is 0 Å². The largest absolute Gasteiger partial charge is 0.368 e. The molecule has 4 heteroatoms. The van der Waals surface area contributed by atoms with Crippen LogP contribution in [0.1, 0.15) is 30.7 Å². The van der Waals surface area contributed by atoms with E-state index in [-0.39, 0.29) is 11.9 Å². The van der Waals surface area contributed by atoms with Crippen LogP contribution >= 0.6 is 0 Å². The minimum absolute atomic E-state index is 0.197. The lowest BCUT2D eigenvalue weighted by molar-refractivity contribution is -0.120. The molecular weight excluding hydrogens is 250 g/mol. The van der Waals surface area contributed by atoms with Crippen molar-refractivity contribution >= 4 is 5.91 Å². The van der Waals surface area contributed by atoms with Crippen molar-refractivity contribution in [1.29, 1.82) is 0 Å². The molecule has 1 heterocycles. The smallest absolute Gasteiger partial charge is 0.235 e. The highest BCUT2D eigenvalue weighted by Gasteiger charge is 2.31. The van der Waals surface area contributed by atoms with Gasteiger partial charge in [0, 0.05) is 19.1 Å². The maximum atomic E-state index is 11.5. The Kier molecular flexibility index (Phi) is 4.03. The van der Waals surface area contributed by atoms with Gasteiger partial charge in [-0.15, -0.1) is 0 Å². The lowest BCUT2D eigenvalue weighted by atomic mass is 9.99. The van der Waals surface area contributed by atoms with Crippen LogP contribution in [-0.2, 0) is 4.79 Å². The number of carbonyl (C=O) groups excluding carboxylic acids is 1. The van der Waals surface area contributed by atoms with Gasteiger partial charge < -0.3 is 16.0 Å². The number of rotatable bonds is 6. The van der Waals surface area contributed by atoms with Crippen molar-refractivity contribution in [1.82, 2.24) is 10.2 Å². The Morgan fingerprint density at radius 3 is 2.70 bits per heavy atom. The second kappa shape index (κ2) is 5.94. The molecular formula is C16H23N3O. The summed E-state index contributed by atoms with van der Waals surface area (Å²) in [6, 6.07) is 11.0. The lowest BCUT2D eigenvalue weighted by Gasteiger charge is -2.22. The van der Waals surface area contributed by atoms with Crippen molar-refractivity contribution in [2.24, 2.45) is 5.73 Å². The fourth-order valence-electron chi connectivity index (χ4n) is 3.01. The summed E-state index contributed by atoms with van der Waals surface area (Å²) in [5.74, 6) is 0.366. The Labute approximate surface area is 120 Å². The average molecular weight is 273 g/mol. The van der Waals surface area contributed by atoms with E-state index in [1.807, 2.05) is 0 Å². The summed E-state index contributed by atoms with van der Waals surface area (Å²) in [7, 11) is 0. The van der Waals surface area contributed by atoms with Gasteiger partial charge in [0.2, 0.25) is 5.91 Å². The Bertz CT molecular complexity index is 458. The fourth-order valence-corrected chi connectivity index (χ4v) is 3.01. The molecule has 1 aliphatic heterocycles. The summed E-state index contributed by atoms with van der Waals surface area (Å²) in [6.07, 6.45) is 3.52. The zero-order valence-electron chi connectivity index (χ0n) is 11.8. The third kappa shape index (κ3) is 3.38. The van der Waals surface area contributed by atoms with Crippen LogP contribution in [0.25, 0.3) is 0 Å². The Balaban J connectivity index is 1.55. The van der Waals surface area contributed by atoms with Gasteiger partial charge in [0.1, 0.15) is 0 Å². The molecule has 0 radical (unpaired) electrons. The first-order valence-corrected chi connectivity index (χ1v) is 7.55. The van der Waals surface area contributed by atoms with Gasteiger partial charge >= 0.3 is 0 Å². The summed E-state index contributed by atoms with van der Waals surface area (Å²) in [5.41, 5.74) is 6.91. The van der Waals surface area contributed by atoms with Gasteiger partial charge in [-0.2, -0.15) is 0 Å². The first kappa shape index (κ1) is 13.6. The molecule has 2 fully saturated rings. The fraction of sp³-hybridized carbons (Fsp3) is 0.562. The molecule has 20 heavy (non-hydrogen) atoms. The number of amides is 1. The molecule has 3 N–H and O–H groups in total. The molecule has 1 aliphatic carbocycles. The molecule has 1 aromatic carbocycles. The molecule has 3 rings (SSSR count). The van der Waals surface area contributed by atoms with Crippen molar-refractivity contribution in [3.05, 3.63) is 35.9 Å². The predicted octanol–water partition coefficient (Wildman–Crippen LogP) is 1.08. The highest BCUT2D eigenvalue weighted by molar-refractivity contribution is 5.80. The van der Waals surface area contributed by atoms with E-state index in [0.29, 0.717) is 12.0 Å². The quantitative estimate of drug-likeness (QED) is 0.815. The minimum atomic E-state index is -0.222. The summed E-state index contributed by atoms with van der Waals surface area (Å²) in [4.78, 5) is 13.9. The third-order valence-electron chi connectivity index (χ3n) is 4.34. The van der Waals surface area contributed by atoms with Gasteiger partial charge in [-0.3, -0.25) is 4.79 Å². The second-order valence-electron chi connectivity index (χ2n) is 6.05. The SMILES string of the molecule is NC(=O)C(CN1CCC(c2ccccc2)C1)NC1CC1. The molecule has 1 aromatic rings.